The van der Waals surface area contributed by atoms with Crippen molar-refractivity contribution in [2.45, 2.75) is 40.2 Å². The van der Waals surface area contributed by atoms with E-state index in [2.05, 4.69) is 69.1 Å². The summed E-state index contributed by atoms with van der Waals surface area (Å²) in [7, 11) is 0. The number of nitrogens with one attached hydrogen (secondary N) is 1. The molecule has 0 aromatic heterocycles. The number of benzene rings is 1. The molecule has 1 aromatic rings. The zero-order valence-corrected chi connectivity index (χ0v) is 12.5. The molecule has 0 atom stereocenters. The molecule has 2 rings (SSSR count). The molecule has 1 N–H and O–H groups in total. The Hall–Kier alpha value is -1.35. The molecule has 3 heteroatoms. The van der Waals surface area contributed by atoms with Crippen molar-refractivity contribution < 1.29 is 0 Å². The summed E-state index contributed by atoms with van der Waals surface area (Å²) in [4.78, 5) is 2.13. The van der Waals surface area contributed by atoms with Gasteiger partial charge in [-0.1, -0.05) is 18.2 Å². The van der Waals surface area contributed by atoms with Crippen LogP contribution in [-0.4, -0.2) is 10.7 Å². The van der Waals surface area contributed by atoms with E-state index in [9.17, 15) is 0 Å². The molecule has 0 aliphatic carbocycles. The number of anilines is 1. The predicted molar refractivity (Wildman–Crippen MR) is 82.0 cm³/mol. The Morgan fingerprint density at radius 2 is 1.67 bits per heavy atom. The van der Waals surface area contributed by atoms with Crippen molar-refractivity contribution in [2.75, 3.05) is 4.90 Å². The van der Waals surface area contributed by atoms with Crippen LogP contribution in [0, 0.1) is 13.8 Å². The second kappa shape index (κ2) is 4.39. The zero-order chi connectivity index (χ0) is 13.5. The Labute approximate surface area is 115 Å². The van der Waals surface area contributed by atoms with Crippen LogP contribution in [0.2, 0.25) is 0 Å². The normalized spacial score (nSPS) is 18.4. The molecule has 96 valence electrons. The van der Waals surface area contributed by atoms with Gasteiger partial charge in [-0.3, -0.25) is 4.90 Å². The third kappa shape index (κ3) is 2.27. The van der Waals surface area contributed by atoms with Crippen molar-refractivity contribution in [3.05, 3.63) is 41.1 Å². The van der Waals surface area contributed by atoms with E-state index in [-0.39, 0.29) is 5.54 Å². The molecule has 0 bridgehead atoms. The molecule has 0 radical (unpaired) electrons. The number of aryl methyl sites for hydroxylation is 2. The maximum atomic E-state index is 5.53. The number of nitrogens with zero attached hydrogens (tertiary/aromatic N) is 1. The first-order chi connectivity index (χ1) is 8.32. The van der Waals surface area contributed by atoms with Gasteiger partial charge in [-0.25, -0.2) is 0 Å². The summed E-state index contributed by atoms with van der Waals surface area (Å²) in [5.74, 6) is 0. The highest BCUT2D eigenvalue weighted by atomic mass is 32.1. The van der Waals surface area contributed by atoms with E-state index in [1.165, 1.54) is 22.5 Å². The number of thiocarbonyl (C=S) groups is 1. The van der Waals surface area contributed by atoms with E-state index in [0.29, 0.717) is 0 Å². The number of hydrogen-bond donors (Lipinski definition) is 1. The lowest BCUT2D eigenvalue weighted by Gasteiger charge is -2.39. The summed E-state index contributed by atoms with van der Waals surface area (Å²) in [6.07, 6.45) is 2.22. The lowest BCUT2D eigenvalue weighted by molar-refractivity contribution is 0.559. The quantitative estimate of drug-likeness (QED) is 0.775. The number of rotatable bonds is 1. The van der Waals surface area contributed by atoms with Crippen LogP contribution < -0.4 is 10.2 Å². The highest BCUT2D eigenvalue weighted by Gasteiger charge is 2.28. The first kappa shape index (κ1) is 13.1. The smallest absolute Gasteiger partial charge is 0.178 e. The summed E-state index contributed by atoms with van der Waals surface area (Å²) >= 11 is 5.53. The first-order valence-electron chi connectivity index (χ1n) is 6.20. The molecule has 1 heterocycles. The Morgan fingerprint density at radius 1 is 1.11 bits per heavy atom. The average Bonchev–Trinajstić information content (AvgIpc) is 2.19. The molecule has 0 amide bonds. The van der Waals surface area contributed by atoms with Crippen molar-refractivity contribution in [1.82, 2.24) is 5.32 Å². The third-order valence-corrected chi connectivity index (χ3v) is 3.50. The second-order valence-electron chi connectivity index (χ2n) is 5.51. The molecule has 0 fully saturated rings. The molecular formula is C15H20N2S. The van der Waals surface area contributed by atoms with Gasteiger partial charge in [-0.15, -0.1) is 0 Å². The van der Waals surface area contributed by atoms with Gasteiger partial charge >= 0.3 is 0 Å². The van der Waals surface area contributed by atoms with Crippen LogP contribution in [0.5, 0.6) is 0 Å². The Kier molecular flexibility index (Phi) is 3.20. The van der Waals surface area contributed by atoms with E-state index >= 15 is 0 Å². The Balaban J connectivity index is 2.55. The van der Waals surface area contributed by atoms with Crippen molar-refractivity contribution in [3.8, 4) is 0 Å². The van der Waals surface area contributed by atoms with E-state index in [4.69, 9.17) is 12.2 Å². The SMILES string of the molecule is CC1=CC(C)(C)NC(=S)N1c1c(C)cccc1C. The van der Waals surface area contributed by atoms with E-state index in [1.807, 2.05) is 0 Å². The first-order valence-corrected chi connectivity index (χ1v) is 6.60. The van der Waals surface area contributed by atoms with Crippen LogP contribution in [0.4, 0.5) is 5.69 Å². The van der Waals surface area contributed by atoms with E-state index < -0.39 is 0 Å². The molecule has 18 heavy (non-hydrogen) atoms. The van der Waals surface area contributed by atoms with Gasteiger partial charge in [0.15, 0.2) is 5.11 Å². The summed E-state index contributed by atoms with van der Waals surface area (Å²) < 4.78 is 0. The van der Waals surface area contributed by atoms with Crippen LogP contribution in [0.15, 0.2) is 30.0 Å². The molecule has 0 unspecified atom stereocenters. The lowest BCUT2D eigenvalue weighted by Crippen LogP contribution is -2.53. The minimum atomic E-state index is -0.0751. The maximum Gasteiger partial charge on any atom is 0.178 e. The Morgan fingerprint density at radius 3 is 2.17 bits per heavy atom. The van der Waals surface area contributed by atoms with E-state index in [0.717, 1.165) is 5.11 Å². The van der Waals surface area contributed by atoms with Crippen molar-refractivity contribution in [2.24, 2.45) is 0 Å². The highest BCUT2D eigenvalue weighted by molar-refractivity contribution is 7.80. The molecule has 1 aromatic carbocycles. The standard InChI is InChI=1S/C15H20N2S/c1-10-7-6-8-11(2)13(10)17-12(3)9-15(4,5)16-14(17)18/h6-9H,1-5H3,(H,16,18). The van der Waals surface area contributed by atoms with Crippen LogP contribution in [0.25, 0.3) is 0 Å². The molecule has 0 saturated carbocycles. The zero-order valence-electron chi connectivity index (χ0n) is 11.7. The minimum Gasteiger partial charge on any atom is -0.354 e. The predicted octanol–water partition coefficient (Wildman–Crippen LogP) is 3.68. The van der Waals surface area contributed by atoms with Gasteiger partial charge in [0.25, 0.3) is 0 Å². The molecular weight excluding hydrogens is 240 g/mol. The van der Waals surface area contributed by atoms with Crippen LogP contribution >= 0.6 is 12.2 Å². The molecule has 2 nitrogen and oxygen atoms in total. The number of hydrogen-bond acceptors (Lipinski definition) is 1. The number of para-hydroxylation sites is 1. The summed E-state index contributed by atoms with van der Waals surface area (Å²) in [6, 6.07) is 6.33. The fraction of sp³-hybridized carbons (Fsp3) is 0.400. The molecule has 0 saturated heterocycles. The van der Waals surface area contributed by atoms with Gasteiger partial charge in [-0.2, -0.15) is 0 Å². The fourth-order valence-electron chi connectivity index (χ4n) is 2.55. The van der Waals surface area contributed by atoms with Gasteiger partial charge in [0.2, 0.25) is 0 Å². The van der Waals surface area contributed by atoms with Crippen molar-refractivity contribution >= 4 is 23.0 Å². The summed E-state index contributed by atoms with van der Waals surface area (Å²) in [5.41, 5.74) is 4.78. The topological polar surface area (TPSA) is 15.3 Å². The summed E-state index contributed by atoms with van der Waals surface area (Å²) in [6.45, 7) is 10.6. The second-order valence-corrected chi connectivity index (χ2v) is 5.90. The average molecular weight is 260 g/mol. The monoisotopic (exact) mass is 260 g/mol. The van der Waals surface area contributed by atoms with Gasteiger partial charge < -0.3 is 5.32 Å². The van der Waals surface area contributed by atoms with Gasteiger partial charge in [0.1, 0.15) is 0 Å². The van der Waals surface area contributed by atoms with Crippen LogP contribution in [0.3, 0.4) is 0 Å². The molecule has 1 aliphatic rings. The lowest BCUT2D eigenvalue weighted by atomic mass is 10.00. The highest BCUT2D eigenvalue weighted by Crippen LogP contribution is 2.31. The van der Waals surface area contributed by atoms with E-state index in [1.54, 1.807) is 0 Å². The van der Waals surface area contributed by atoms with Crippen LogP contribution in [-0.2, 0) is 0 Å². The molecule has 0 spiro atoms. The van der Waals surface area contributed by atoms with Gasteiger partial charge in [0, 0.05) is 5.70 Å². The Bertz CT molecular complexity index is 509. The summed E-state index contributed by atoms with van der Waals surface area (Å²) in [5, 5.41) is 4.15. The minimum absolute atomic E-state index is 0.0751. The number of allylic oxidation sites excluding steroid dienone is 1. The maximum absolute atomic E-state index is 5.53. The van der Waals surface area contributed by atoms with Gasteiger partial charge in [-0.05, 0) is 64.0 Å². The van der Waals surface area contributed by atoms with Crippen LogP contribution in [0.1, 0.15) is 31.9 Å². The third-order valence-electron chi connectivity index (χ3n) is 3.22. The fourth-order valence-corrected chi connectivity index (χ4v) is 3.05. The van der Waals surface area contributed by atoms with Gasteiger partial charge in [0.05, 0.1) is 11.2 Å². The molecule has 1 aliphatic heterocycles. The largest absolute Gasteiger partial charge is 0.354 e. The van der Waals surface area contributed by atoms with Crippen molar-refractivity contribution in [3.63, 3.8) is 0 Å². The van der Waals surface area contributed by atoms with Crippen molar-refractivity contribution in [1.29, 1.82) is 0 Å².